The largest absolute Gasteiger partial charge is 0.490 e. The monoisotopic (exact) mass is 495 g/mol. The van der Waals surface area contributed by atoms with Crippen molar-refractivity contribution >= 4 is 28.1 Å². The molecule has 2 N–H and O–H groups in total. The minimum Gasteiger partial charge on any atom is -0.490 e. The average molecular weight is 496 g/mol. The lowest BCUT2D eigenvalue weighted by Gasteiger charge is -2.16. The van der Waals surface area contributed by atoms with Crippen LogP contribution in [0.4, 0.5) is 5.95 Å². The Balaban J connectivity index is 1.89. The molecule has 1 aromatic heterocycles. The number of nitrogens with zero attached hydrogens (tertiary/aromatic N) is 3. The van der Waals surface area contributed by atoms with E-state index >= 15 is 0 Å². The minimum absolute atomic E-state index is 0.000353. The van der Waals surface area contributed by atoms with E-state index in [2.05, 4.69) is 36.4 Å². The number of hydrazone groups is 1. The number of aromatic amines is 1. The zero-order chi connectivity index (χ0) is 23.1. The molecule has 0 fully saturated rings. The van der Waals surface area contributed by atoms with Gasteiger partial charge in [-0.15, -0.1) is 0 Å². The summed E-state index contributed by atoms with van der Waals surface area (Å²) in [4.78, 5) is 19.2. The normalized spacial score (nSPS) is 10.9. The van der Waals surface area contributed by atoms with Crippen LogP contribution in [0.25, 0.3) is 11.3 Å². The second kappa shape index (κ2) is 10.6. The molecule has 0 saturated carbocycles. The van der Waals surface area contributed by atoms with Crippen molar-refractivity contribution in [3.05, 3.63) is 68.4 Å². The predicted octanol–water partition coefficient (Wildman–Crippen LogP) is 4.70. The first-order valence-corrected chi connectivity index (χ1v) is 10.7. The number of nitriles is 1. The van der Waals surface area contributed by atoms with Crippen molar-refractivity contribution in [2.24, 2.45) is 5.10 Å². The molecular formula is C23H22BrN5O3. The van der Waals surface area contributed by atoms with Crippen molar-refractivity contribution in [1.82, 2.24) is 9.97 Å². The molecule has 0 aliphatic heterocycles. The minimum atomic E-state index is -0.547. The molecule has 0 saturated heterocycles. The summed E-state index contributed by atoms with van der Waals surface area (Å²) in [5, 5.41) is 13.5. The van der Waals surface area contributed by atoms with E-state index in [0.29, 0.717) is 23.7 Å². The van der Waals surface area contributed by atoms with E-state index < -0.39 is 5.56 Å². The number of ether oxygens (including phenoxy) is 2. The van der Waals surface area contributed by atoms with E-state index in [4.69, 9.17) is 9.47 Å². The highest BCUT2D eigenvalue weighted by Gasteiger charge is 2.14. The molecule has 0 spiro atoms. The fraction of sp³-hybridized carbons (Fsp3) is 0.217. The first-order chi connectivity index (χ1) is 15.4. The lowest BCUT2D eigenvalue weighted by atomic mass is 10.1. The highest BCUT2D eigenvalue weighted by molar-refractivity contribution is 9.10. The van der Waals surface area contributed by atoms with Crippen LogP contribution in [-0.2, 0) is 0 Å². The first-order valence-electron chi connectivity index (χ1n) is 9.94. The van der Waals surface area contributed by atoms with E-state index in [1.165, 1.54) is 0 Å². The second-order valence-electron chi connectivity index (χ2n) is 6.91. The quantitative estimate of drug-likeness (QED) is 0.345. The van der Waals surface area contributed by atoms with Crippen LogP contribution >= 0.6 is 15.9 Å². The first kappa shape index (κ1) is 23.0. The molecule has 0 bridgehead atoms. The molecule has 0 aliphatic carbocycles. The standard InChI is InChI=1S/C23H22BrN5O3/c1-4-31-19-10-16(18(24)11-20(19)32-14(2)3)13-26-29-23-27-21(15-8-6-5-7-9-15)17(12-25)22(30)28-23/h5-11,13-14H,4H2,1-3H3,(H2,27,28,29,30). The van der Waals surface area contributed by atoms with Crippen LogP contribution in [0, 0.1) is 11.3 Å². The molecule has 32 heavy (non-hydrogen) atoms. The fourth-order valence-corrected chi connectivity index (χ4v) is 3.29. The van der Waals surface area contributed by atoms with Gasteiger partial charge in [0, 0.05) is 15.6 Å². The number of rotatable bonds is 8. The highest BCUT2D eigenvalue weighted by Crippen LogP contribution is 2.34. The van der Waals surface area contributed by atoms with Gasteiger partial charge in [0.25, 0.3) is 5.56 Å². The predicted molar refractivity (Wildman–Crippen MR) is 127 cm³/mol. The van der Waals surface area contributed by atoms with Crippen molar-refractivity contribution in [2.45, 2.75) is 26.9 Å². The van der Waals surface area contributed by atoms with Gasteiger partial charge in [0.05, 0.1) is 24.6 Å². The third-order valence-corrected chi connectivity index (χ3v) is 4.86. The van der Waals surface area contributed by atoms with Gasteiger partial charge in [-0.1, -0.05) is 30.3 Å². The highest BCUT2D eigenvalue weighted by atomic mass is 79.9. The maximum atomic E-state index is 12.3. The zero-order valence-electron chi connectivity index (χ0n) is 17.8. The summed E-state index contributed by atoms with van der Waals surface area (Å²) in [7, 11) is 0. The van der Waals surface area contributed by atoms with Crippen LogP contribution in [0.1, 0.15) is 31.9 Å². The molecule has 0 amide bonds. The number of hydrogen-bond acceptors (Lipinski definition) is 7. The van der Waals surface area contributed by atoms with Crippen molar-refractivity contribution in [1.29, 1.82) is 5.26 Å². The molecule has 9 heteroatoms. The fourth-order valence-electron chi connectivity index (χ4n) is 2.86. The van der Waals surface area contributed by atoms with Gasteiger partial charge < -0.3 is 9.47 Å². The number of anilines is 1. The summed E-state index contributed by atoms with van der Waals surface area (Å²) >= 11 is 3.52. The zero-order valence-corrected chi connectivity index (χ0v) is 19.4. The van der Waals surface area contributed by atoms with Gasteiger partial charge in [-0.3, -0.25) is 9.78 Å². The summed E-state index contributed by atoms with van der Waals surface area (Å²) in [6.07, 6.45) is 1.56. The molecule has 8 nitrogen and oxygen atoms in total. The van der Waals surface area contributed by atoms with Gasteiger partial charge in [0.1, 0.15) is 11.6 Å². The number of H-pyrrole nitrogens is 1. The van der Waals surface area contributed by atoms with E-state index in [9.17, 15) is 10.1 Å². The smallest absolute Gasteiger partial charge is 0.270 e. The van der Waals surface area contributed by atoms with Gasteiger partial charge in [0.15, 0.2) is 11.5 Å². The summed E-state index contributed by atoms with van der Waals surface area (Å²) in [5.74, 6) is 1.34. The lowest BCUT2D eigenvalue weighted by molar-refractivity contribution is 0.223. The molecule has 0 aliphatic rings. The van der Waals surface area contributed by atoms with Crippen LogP contribution < -0.4 is 20.5 Å². The Bertz CT molecular complexity index is 1220. The van der Waals surface area contributed by atoms with Crippen LogP contribution in [0.15, 0.2) is 56.8 Å². The Morgan fingerprint density at radius 2 is 2.03 bits per heavy atom. The molecule has 0 unspecified atom stereocenters. The Morgan fingerprint density at radius 3 is 2.69 bits per heavy atom. The Labute approximate surface area is 194 Å². The van der Waals surface area contributed by atoms with Crippen molar-refractivity contribution in [3.8, 4) is 28.8 Å². The summed E-state index contributed by atoms with van der Waals surface area (Å²) in [5.41, 5.74) is 3.79. The van der Waals surface area contributed by atoms with Crippen molar-refractivity contribution in [2.75, 3.05) is 12.0 Å². The number of nitrogens with one attached hydrogen (secondary N) is 2. The molecule has 2 aromatic carbocycles. The third kappa shape index (κ3) is 5.53. The second-order valence-corrected chi connectivity index (χ2v) is 7.76. The SMILES string of the molecule is CCOc1cc(C=NNc2nc(-c3ccccc3)c(C#N)c(=O)[nH]2)c(Br)cc1OC(C)C. The van der Waals surface area contributed by atoms with Gasteiger partial charge in [-0.05, 0) is 48.8 Å². The Kier molecular flexibility index (Phi) is 7.63. The average Bonchev–Trinajstić information content (AvgIpc) is 2.76. The Hall–Kier alpha value is -3.64. The van der Waals surface area contributed by atoms with E-state index in [-0.39, 0.29) is 23.3 Å². The number of aromatic nitrogens is 2. The number of halogens is 1. The van der Waals surface area contributed by atoms with Crippen LogP contribution in [-0.4, -0.2) is 28.9 Å². The summed E-state index contributed by atoms with van der Waals surface area (Å²) < 4.78 is 12.3. The van der Waals surface area contributed by atoms with Gasteiger partial charge in [-0.25, -0.2) is 10.4 Å². The van der Waals surface area contributed by atoms with E-state index in [0.717, 1.165) is 10.0 Å². The molecule has 3 aromatic rings. The summed E-state index contributed by atoms with van der Waals surface area (Å²) in [6, 6.07) is 14.6. The van der Waals surface area contributed by atoms with Crippen LogP contribution in [0.2, 0.25) is 0 Å². The van der Waals surface area contributed by atoms with E-state index in [1.807, 2.05) is 51.1 Å². The molecule has 0 radical (unpaired) electrons. The van der Waals surface area contributed by atoms with Gasteiger partial charge in [-0.2, -0.15) is 10.4 Å². The van der Waals surface area contributed by atoms with Crippen molar-refractivity contribution in [3.63, 3.8) is 0 Å². The van der Waals surface area contributed by atoms with Crippen LogP contribution in [0.3, 0.4) is 0 Å². The van der Waals surface area contributed by atoms with E-state index in [1.54, 1.807) is 24.4 Å². The lowest BCUT2D eigenvalue weighted by Crippen LogP contribution is -2.16. The van der Waals surface area contributed by atoms with Gasteiger partial charge in [0.2, 0.25) is 5.95 Å². The maximum absolute atomic E-state index is 12.3. The molecule has 164 valence electrons. The Morgan fingerprint density at radius 1 is 1.28 bits per heavy atom. The molecule has 3 rings (SSSR count). The van der Waals surface area contributed by atoms with Crippen molar-refractivity contribution < 1.29 is 9.47 Å². The maximum Gasteiger partial charge on any atom is 0.270 e. The number of hydrogen-bond donors (Lipinski definition) is 2. The molecule has 0 atom stereocenters. The molecule has 1 heterocycles. The third-order valence-electron chi connectivity index (χ3n) is 4.18. The van der Waals surface area contributed by atoms with Gasteiger partial charge >= 0.3 is 0 Å². The topological polar surface area (TPSA) is 112 Å². The molecular weight excluding hydrogens is 474 g/mol. The van der Waals surface area contributed by atoms with Crippen LogP contribution in [0.5, 0.6) is 11.5 Å². The number of benzene rings is 2. The summed E-state index contributed by atoms with van der Waals surface area (Å²) in [6.45, 7) is 6.27.